The molecule has 3 aromatic rings. The maximum atomic E-state index is 10.2. The van der Waals surface area contributed by atoms with Crippen LogP contribution in [0.2, 0.25) is 5.02 Å². The Hall–Kier alpha value is -2.53. The van der Waals surface area contributed by atoms with Crippen molar-refractivity contribution in [3.8, 4) is 11.5 Å². The number of nitrogens with zero attached hydrogens (tertiary/aromatic N) is 2. The van der Waals surface area contributed by atoms with Crippen LogP contribution < -0.4 is 0 Å². The Bertz CT molecular complexity index is 890. The van der Waals surface area contributed by atoms with Crippen LogP contribution in [-0.4, -0.2) is 33.1 Å². The average Bonchev–Trinajstić information content (AvgIpc) is 3.08. The van der Waals surface area contributed by atoms with E-state index in [0.717, 1.165) is 29.8 Å². The highest BCUT2D eigenvalue weighted by Gasteiger charge is 2.33. The summed E-state index contributed by atoms with van der Waals surface area (Å²) in [4.78, 5) is 4.69. The van der Waals surface area contributed by atoms with Crippen LogP contribution >= 0.6 is 11.6 Å². The number of halogens is 1. The van der Waals surface area contributed by atoms with Gasteiger partial charge in [-0.05, 0) is 29.8 Å². The normalized spacial score (nSPS) is 15.9. The molecule has 4 rings (SSSR count). The molecule has 2 N–H and O–H groups in total. The van der Waals surface area contributed by atoms with Gasteiger partial charge in [-0.15, -0.1) is 0 Å². The molecular formula is C23H23ClN2O2. The van der Waals surface area contributed by atoms with Crippen molar-refractivity contribution in [3.05, 3.63) is 94.5 Å². The Kier molecular flexibility index (Phi) is 5.53. The predicted octanol–water partition coefficient (Wildman–Crippen LogP) is 4.77. The molecule has 144 valence electrons. The van der Waals surface area contributed by atoms with Gasteiger partial charge in [0.1, 0.15) is 11.5 Å². The van der Waals surface area contributed by atoms with Crippen molar-refractivity contribution in [3.63, 3.8) is 0 Å². The summed E-state index contributed by atoms with van der Waals surface area (Å²) < 4.78 is 0. The lowest BCUT2D eigenvalue weighted by Crippen LogP contribution is -2.30. The summed E-state index contributed by atoms with van der Waals surface area (Å²) in [5, 5.41) is 21.1. The molecule has 5 heteroatoms. The van der Waals surface area contributed by atoms with Gasteiger partial charge in [0.05, 0.1) is 6.17 Å². The van der Waals surface area contributed by atoms with Crippen LogP contribution in [0.15, 0.2) is 72.8 Å². The number of para-hydroxylation sites is 2. The van der Waals surface area contributed by atoms with Crippen LogP contribution in [0, 0.1) is 0 Å². The van der Waals surface area contributed by atoms with Crippen LogP contribution in [-0.2, 0) is 13.1 Å². The van der Waals surface area contributed by atoms with Crippen molar-refractivity contribution in [1.29, 1.82) is 0 Å². The van der Waals surface area contributed by atoms with E-state index in [1.165, 1.54) is 0 Å². The number of phenolic OH excluding ortho intramolecular Hbond substituents is 2. The third-order valence-electron chi connectivity index (χ3n) is 5.26. The van der Waals surface area contributed by atoms with Crippen molar-refractivity contribution in [2.75, 3.05) is 13.1 Å². The molecule has 3 aromatic carbocycles. The zero-order valence-corrected chi connectivity index (χ0v) is 16.3. The lowest BCUT2D eigenvalue weighted by atomic mass is 10.1. The molecule has 1 aliphatic heterocycles. The monoisotopic (exact) mass is 394 g/mol. The van der Waals surface area contributed by atoms with E-state index < -0.39 is 0 Å². The van der Waals surface area contributed by atoms with E-state index in [1.54, 1.807) is 12.1 Å². The molecule has 4 nitrogen and oxygen atoms in total. The molecule has 0 aromatic heterocycles. The second-order valence-corrected chi connectivity index (χ2v) is 7.56. The minimum Gasteiger partial charge on any atom is -0.508 e. The molecule has 0 amide bonds. The molecule has 1 aliphatic rings. The number of hydrogen-bond donors (Lipinski definition) is 2. The zero-order valence-electron chi connectivity index (χ0n) is 15.5. The summed E-state index contributed by atoms with van der Waals surface area (Å²) in [5.74, 6) is 0.632. The van der Waals surface area contributed by atoms with Gasteiger partial charge in [-0.2, -0.15) is 0 Å². The van der Waals surface area contributed by atoms with Crippen LogP contribution in [0.25, 0.3) is 0 Å². The van der Waals surface area contributed by atoms with Crippen LogP contribution in [0.5, 0.6) is 11.5 Å². The van der Waals surface area contributed by atoms with Gasteiger partial charge in [0.15, 0.2) is 0 Å². The van der Waals surface area contributed by atoms with E-state index in [4.69, 9.17) is 11.6 Å². The first-order valence-corrected chi connectivity index (χ1v) is 9.77. The number of rotatable bonds is 5. The van der Waals surface area contributed by atoms with Gasteiger partial charge in [-0.1, -0.05) is 60.1 Å². The van der Waals surface area contributed by atoms with Crippen molar-refractivity contribution in [2.45, 2.75) is 19.3 Å². The predicted molar refractivity (Wildman–Crippen MR) is 111 cm³/mol. The molecule has 28 heavy (non-hydrogen) atoms. The zero-order chi connectivity index (χ0) is 19.5. The molecule has 0 spiro atoms. The fourth-order valence-corrected chi connectivity index (χ4v) is 3.97. The van der Waals surface area contributed by atoms with Gasteiger partial charge in [0.25, 0.3) is 0 Å². The number of hydrogen-bond acceptors (Lipinski definition) is 4. The Balaban J connectivity index is 1.63. The summed E-state index contributed by atoms with van der Waals surface area (Å²) in [7, 11) is 0. The van der Waals surface area contributed by atoms with E-state index in [-0.39, 0.29) is 6.17 Å². The lowest BCUT2D eigenvalue weighted by Gasteiger charge is -2.31. The van der Waals surface area contributed by atoms with Crippen LogP contribution in [0.3, 0.4) is 0 Å². The van der Waals surface area contributed by atoms with E-state index >= 15 is 0 Å². The quantitative estimate of drug-likeness (QED) is 0.654. The highest BCUT2D eigenvalue weighted by atomic mass is 35.5. The molecule has 0 aliphatic carbocycles. The SMILES string of the molecule is Oc1ccccc1CN1CCN(Cc2ccccc2O)C1c1ccc(Cl)cc1. The Morgan fingerprint density at radius 3 is 1.64 bits per heavy atom. The van der Waals surface area contributed by atoms with Gasteiger partial charge >= 0.3 is 0 Å². The molecular weight excluding hydrogens is 372 g/mol. The minimum absolute atomic E-state index is 0.0384. The summed E-state index contributed by atoms with van der Waals surface area (Å²) in [6, 6.07) is 22.8. The molecule has 0 saturated carbocycles. The molecule has 0 bridgehead atoms. The fourth-order valence-electron chi connectivity index (χ4n) is 3.85. The highest BCUT2D eigenvalue weighted by Crippen LogP contribution is 2.35. The Morgan fingerprint density at radius 1 is 0.714 bits per heavy atom. The van der Waals surface area contributed by atoms with Crippen LogP contribution in [0.1, 0.15) is 22.9 Å². The second-order valence-electron chi connectivity index (χ2n) is 7.12. The summed E-state index contributed by atoms with van der Waals surface area (Å²) >= 11 is 6.10. The van der Waals surface area contributed by atoms with Crippen molar-refractivity contribution >= 4 is 11.6 Å². The average molecular weight is 395 g/mol. The lowest BCUT2D eigenvalue weighted by molar-refractivity contribution is 0.124. The summed E-state index contributed by atoms with van der Waals surface area (Å²) in [6.45, 7) is 3.04. The summed E-state index contributed by atoms with van der Waals surface area (Å²) in [5.41, 5.74) is 2.96. The first-order chi connectivity index (χ1) is 13.6. The fraction of sp³-hybridized carbons (Fsp3) is 0.217. The van der Waals surface area contributed by atoms with Gasteiger partial charge in [-0.25, -0.2) is 0 Å². The first kappa shape index (κ1) is 18.8. The van der Waals surface area contributed by atoms with E-state index in [9.17, 15) is 10.2 Å². The van der Waals surface area contributed by atoms with Crippen molar-refractivity contribution in [1.82, 2.24) is 9.80 Å². The topological polar surface area (TPSA) is 46.9 Å². The number of aromatic hydroxyl groups is 2. The van der Waals surface area contributed by atoms with E-state index in [2.05, 4.69) is 9.80 Å². The highest BCUT2D eigenvalue weighted by molar-refractivity contribution is 6.30. The second kappa shape index (κ2) is 8.23. The maximum absolute atomic E-state index is 10.2. The van der Waals surface area contributed by atoms with Gasteiger partial charge in [0.2, 0.25) is 0 Å². The largest absolute Gasteiger partial charge is 0.508 e. The smallest absolute Gasteiger partial charge is 0.120 e. The Labute approximate surface area is 170 Å². The third kappa shape index (κ3) is 3.99. The van der Waals surface area contributed by atoms with Crippen LogP contribution in [0.4, 0.5) is 0 Å². The molecule has 0 atom stereocenters. The standard InChI is InChI=1S/C23H23ClN2O2/c24-20-11-9-17(10-12-20)23-25(15-18-5-1-3-7-21(18)27)13-14-26(23)16-19-6-2-4-8-22(19)28/h1-12,23,27-28H,13-16H2. The molecule has 1 fully saturated rings. The molecule has 1 heterocycles. The molecule has 0 unspecified atom stereocenters. The molecule has 1 saturated heterocycles. The van der Waals surface area contributed by atoms with Gasteiger partial charge in [-0.3, -0.25) is 9.80 Å². The minimum atomic E-state index is 0.0384. The van der Waals surface area contributed by atoms with Gasteiger partial charge < -0.3 is 10.2 Å². The number of phenols is 2. The van der Waals surface area contributed by atoms with E-state index in [0.29, 0.717) is 29.6 Å². The third-order valence-corrected chi connectivity index (χ3v) is 5.52. The van der Waals surface area contributed by atoms with Crippen molar-refractivity contribution in [2.24, 2.45) is 0 Å². The first-order valence-electron chi connectivity index (χ1n) is 9.39. The maximum Gasteiger partial charge on any atom is 0.120 e. The van der Waals surface area contributed by atoms with Gasteiger partial charge in [0, 0.05) is 42.3 Å². The Morgan fingerprint density at radius 2 is 1.18 bits per heavy atom. The van der Waals surface area contributed by atoms with Crippen molar-refractivity contribution < 1.29 is 10.2 Å². The van der Waals surface area contributed by atoms with E-state index in [1.807, 2.05) is 60.7 Å². The summed E-state index contributed by atoms with van der Waals surface area (Å²) in [6.07, 6.45) is 0.0384. The number of benzene rings is 3. The molecule has 0 radical (unpaired) electrons.